The first-order valence-corrected chi connectivity index (χ1v) is 8.42. The SMILES string of the molecule is CCNC(=NCc1ccccc1OC(F)F)NCc1scnc1C. The van der Waals surface area contributed by atoms with Gasteiger partial charge in [0, 0.05) is 17.0 Å². The summed E-state index contributed by atoms with van der Waals surface area (Å²) < 4.78 is 29.4. The lowest BCUT2D eigenvalue weighted by Gasteiger charge is -2.12. The molecule has 0 radical (unpaired) electrons. The second-order valence-electron chi connectivity index (χ2n) is 4.90. The van der Waals surface area contributed by atoms with Crippen LogP contribution in [0, 0.1) is 6.92 Å². The van der Waals surface area contributed by atoms with Gasteiger partial charge in [-0.05, 0) is 19.9 Å². The van der Waals surface area contributed by atoms with Crippen molar-refractivity contribution in [3.05, 3.63) is 45.9 Å². The van der Waals surface area contributed by atoms with E-state index >= 15 is 0 Å². The van der Waals surface area contributed by atoms with Crippen LogP contribution in [-0.2, 0) is 13.1 Å². The molecule has 0 amide bonds. The Labute approximate surface area is 143 Å². The number of aryl methyl sites for hydroxylation is 1. The molecule has 0 saturated heterocycles. The van der Waals surface area contributed by atoms with Gasteiger partial charge in [0.2, 0.25) is 0 Å². The average molecular weight is 354 g/mol. The van der Waals surface area contributed by atoms with Crippen molar-refractivity contribution >= 4 is 17.3 Å². The van der Waals surface area contributed by atoms with E-state index in [4.69, 9.17) is 0 Å². The molecule has 0 aliphatic carbocycles. The topological polar surface area (TPSA) is 58.5 Å². The van der Waals surface area contributed by atoms with Gasteiger partial charge in [0.25, 0.3) is 0 Å². The fourth-order valence-corrected chi connectivity index (χ4v) is 2.73. The fraction of sp³-hybridized carbons (Fsp3) is 0.375. The molecule has 0 bridgehead atoms. The monoisotopic (exact) mass is 354 g/mol. The number of hydrogen-bond acceptors (Lipinski definition) is 4. The molecule has 0 aliphatic heterocycles. The predicted molar refractivity (Wildman–Crippen MR) is 91.6 cm³/mol. The molecule has 0 saturated carbocycles. The first-order valence-electron chi connectivity index (χ1n) is 7.54. The fourth-order valence-electron chi connectivity index (χ4n) is 2.01. The molecule has 2 rings (SSSR count). The number of thiazole rings is 1. The van der Waals surface area contributed by atoms with Crippen molar-refractivity contribution in [2.24, 2.45) is 4.99 Å². The van der Waals surface area contributed by atoms with Gasteiger partial charge in [-0.3, -0.25) is 0 Å². The van der Waals surface area contributed by atoms with Gasteiger partial charge < -0.3 is 15.4 Å². The van der Waals surface area contributed by atoms with Gasteiger partial charge in [0.15, 0.2) is 5.96 Å². The molecule has 1 aromatic heterocycles. The lowest BCUT2D eigenvalue weighted by molar-refractivity contribution is -0.0504. The van der Waals surface area contributed by atoms with Crippen LogP contribution in [0.25, 0.3) is 0 Å². The van der Waals surface area contributed by atoms with Gasteiger partial charge >= 0.3 is 6.61 Å². The summed E-state index contributed by atoms with van der Waals surface area (Å²) in [4.78, 5) is 9.77. The Bertz CT molecular complexity index is 676. The van der Waals surface area contributed by atoms with E-state index < -0.39 is 6.61 Å². The van der Waals surface area contributed by atoms with Gasteiger partial charge in [0.1, 0.15) is 5.75 Å². The first-order chi connectivity index (χ1) is 11.6. The second kappa shape index (κ2) is 9.17. The minimum atomic E-state index is -2.85. The van der Waals surface area contributed by atoms with Crippen molar-refractivity contribution in [1.29, 1.82) is 0 Å². The number of benzene rings is 1. The standard InChI is InChI=1S/C16H20F2N4OS/c1-3-19-16(21-9-14-11(2)22-10-24-14)20-8-12-6-4-5-7-13(12)23-15(17)18/h4-7,10,15H,3,8-9H2,1-2H3,(H2,19,20,21). The maximum Gasteiger partial charge on any atom is 0.387 e. The molecule has 8 heteroatoms. The summed E-state index contributed by atoms with van der Waals surface area (Å²) >= 11 is 1.57. The quantitative estimate of drug-likeness (QED) is 0.592. The molecule has 0 aliphatic rings. The molecule has 0 atom stereocenters. The molecular formula is C16H20F2N4OS. The van der Waals surface area contributed by atoms with Crippen LogP contribution in [-0.4, -0.2) is 24.1 Å². The van der Waals surface area contributed by atoms with Crippen LogP contribution in [0.2, 0.25) is 0 Å². The number of halogens is 2. The Hall–Kier alpha value is -2.22. The number of guanidine groups is 1. The molecule has 2 N–H and O–H groups in total. The van der Waals surface area contributed by atoms with E-state index in [0.717, 1.165) is 10.6 Å². The highest BCUT2D eigenvalue weighted by atomic mass is 32.1. The summed E-state index contributed by atoms with van der Waals surface area (Å²) in [7, 11) is 0. The summed E-state index contributed by atoms with van der Waals surface area (Å²) in [5.41, 5.74) is 3.39. The molecule has 0 spiro atoms. The Balaban J connectivity index is 2.04. The van der Waals surface area contributed by atoms with Gasteiger partial charge in [-0.2, -0.15) is 8.78 Å². The summed E-state index contributed by atoms with van der Waals surface area (Å²) in [6, 6.07) is 6.65. The van der Waals surface area contributed by atoms with Crippen molar-refractivity contribution in [3.8, 4) is 5.75 Å². The number of ether oxygens (including phenoxy) is 1. The minimum absolute atomic E-state index is 0.144. The summed E-state index contributed by atoms with van der Waals surface area (Å²) in [6.45, 7) is 2.61. The third-order valence-corrected chi connectivity index (χ3v) is 4.14. The minimum Gasteiger partial charge on any atom is -0.434 e. The van der Waals surface area contributed by atoms with Crippen molar-refractivity contribution < 1.29 is 13.5 Å². The van der Waals surface area contributed by atoms with Crippen molar-refractivity contribution in [2.45, 2.75) is 33.5 Å². The van der Waals surface area contributed by atoms with Gasteiger partial charge in [-0.15, -0.1) is 11.3 Å². The lowest BCUT2D eigenvalue weighted by Crippen LogP contribution is -2.36. The number of hydrogen-bond donors (Lipinski definition) is 2. The van der Waals surface area contributed by atoms with Gasteiger partial charge in [-0.1, -0.05) is 18.2 Å². The van der Waals surface area contributed by atoms with E-state index in [1.807, 2.05) is 13.8 Å². The highest BCUT2D eigenvalue weighted by Crippen LogP contribution is 2.21. The van der Waals surface area contributed by atoms with E-state index in [0.29, 0.717) is 24.6 Å². The first kappa shape index (κ1) is 18.1. The van der Waals surface area contributed by atoms with Crippen LogP contribution >= 0.6 is 11.3 Å². The highest BCUT2D eigenvalue weighted by molar-refractivity contribution is 7.09. The number of aliphatic imine (C=N–C) groups is 1. The zero-order chi connectivity index (χ0) is 17.4. The Morgan fingerprint density at radius 2 is 2.12 bits per heavy atom. The third kappa shape index (κ3) is 5.45. The molecule has 1 heterocycles. The zero-order valence-electron chi connectivity index (χ0n) is 13.6. The number of nitrogens with zero attached hydrogens (tertiary/aromatic N) is 2. The van der Waals surface area contributed by atoms with Crippen LogP contribution in [0.1, 0.15) is 23.1 Å². The molecule has 0 unspecified atom stereocenters. The van der Waals surface area contributed by atoms with E-state index in [1.165, 1.54) is 6.07 Å². The lowest BCUT2D eigenvalue weighted by atomic mass is 10.2. The molecule has 1 aromatic carbocycles. The molecule has 0 fully saturated rings. The Morgan fingerprint density at radius 1 is 1.33 bits per heavy atom. The van der Waals surface area contributed by atoms with E-state index in [2.05, 4.69) is 25.3 Å². The zero-order valence-corrected chi connectivity index (χ0v) is 14.4. The molecule has 5 nitrogen and oxygen atoms in total. The summed E-state index contributed by atoms with van der Waals surface area (Å²) in [5, 5.41) is 6.34. The Morgan fingerprint density at radius 3 is 2.79 bits per heavy atom. The number of alkyl halides is 2. The molecule has 2 aromatic rings. The van der Waals surface area contributed by atoms with Crippen molar-refractivity contribution in [1.82, 2.24) is 15.6 Å². The normalized spacial score (nSPS) is 11.6. The van der Waals surface area contributed by atoms with Gasteiger partial charge in [0.05, 0.1) is 24.3 Å². The predicted octanol–water partition coefficient (Wildman–Crippen LogP) is 3.31. The molecular weight excluding hydrogens is 334 g/mol. The maximum atomic E-state index is 12.4. The van der Waals surface area contributed by atoms with E-state index in [1.54, 1.807) is 35.0 Å². The Kier molecular flexibility index (Phi) is 6.92. The van der Waals surface area contributed by atoms with Crippen LogP contribution in [0.5, 0.6) is 5.75 Å². The second-order valence-corrected chi connectivity index (χ2v) is 5.84. The van der Waals surface area contributed by atoms with Crippen LogP contribution in [0.4, 0.5) is 8.78 Å². The largest absolute Gasteiger partial charge is 0.434 e. The number of rotatable bonds is 7. The molecule has 24 heavy (non-hydrogen) atoms. The van der Waals surface area contributed by atoms with E-state index in [9.17, 15) is 8.78 Å². The van der Waals surface area contributed by atoms with Crippen molar-refractivity contribution in [2.75, 3.05) is 6.54 Å². The van der Waals surface area contributed by atoms with Gasteiger partial charge in [-0.25, -0.2) is 9.98 Å². The molecule has 130 valence electrons. The number of aromatic nitrogens is 1. The van der Waals surface area contributed by atoms with E-state index in [-0.39, 0.29) is 12.3 Å². The van der Waals surface area contributed by atoms with Crippen LogP contribution < -0.4 is 15.4 Å². The smallest absolute Gasteiger partial charge is 0.387 e. The number of nitrogens with one attached hydrogen (secondary N) is 2. The maximum absolute atomic E-state index is 12.4. The third-order valence-electron chi connectivity index (χ3n) is 3.20. The van der Waals surface area contributed by atoms with Crippen molar-refractivity contribution in [3.63, 3.8) is 0 Å². The highest BCUT2D eigenvalue weighted by Gasteiger charge is 2.09. The number of para-hydroxylation sites is 1. The average Bonchev–Trinajstić information content (AvgIpc) is 2.96. The summed E-state index contributed by atoms with van der Waals surface area (Å²) in [6.07, 6.45) is 0. The van der Waals surface area contributed by atoms with Crippen LogP contribution in [0.3, 0.4) is 0 Å². The summed E-state index contributed by atoms with van der Waals surface area (Å²) in [5.74, 6) is 0.752. The van der Waals surface area contributed by atoms with Crippen LogP contribution in [0.15, 0.2) is 34.8 Å².